The van der Waals surface area contributed by atoms with Gasteiger partial charge >= 0.3 is 0 Å². The monoisotopic (exact) mass is 285 g/mol. The molecule has 104 valence electrons. The maximum atomic E-state index is 11.8. The molecule has 1 atom stereocenters. The van der Waals surface area contributed by atoms with Crippen LogP contribution in [0.5, 0.6) is 0 Å². The van der Waals surface area contributed by atoms with Crippen molar-refractivity contribution >= 4 is 24.0 Å². The molecule has 1 unspecified atom stereocenters. The second-order valence-electron chi connectivity index (χ2n) is 4.32. The summed E-state index contributed by atoms with van der Waals surface area (Å²) in [6.45, 7) is 1.67. The van der Waals surface area contributed by atoms with Crippen LogP contribution in [0.15, 0.2) is 24.3 Å². The van der Waals surface area contributed by atoms with Crippen molar-refractivity contribution in [3.8, 4) is 0 Å². The number of carbonyl (C=O) groups excluding carboxylic acids is 1. The molecule has 1 aliphatic rings. The van der Waals surface area contributed by atoms with Crippen LogP contribution in [0, 0.1) is 10.1 Å². The Morgan fingerprint density at radius 1 is 1.47 bits per heavy atom. The number of rotatable bonds is 4. The molecule has 1 heterocycles. The summed E-state index contributed by atoms with van der Waals surface area (Å²) in [5.41, 5.74) is 0.447. The molecule has 2 rings (SSSR count). The van der Waals surface area contributed by atoms with Gasteiger partial charge < -0.3 is 10.6 Å². The summed E-state index contributed by atoms with van der Waals surface area (Å²) < 4.78 is 0. The Balaban J connectivity index is 0.00000180. The lowest BCUT2D eigenvalue weighted by Crippen LogP contribution is -2.37. The van der Waals surface area contributed by atoms with E-state index in [-0.39, 0.29) is 36.5 Å². The summed E-state index contributed by atoms with van der Waals surface area (Å²) in [6, 6.07) is 6.47. The Hall–Kier alpha value is -1.66. The molecule has 0 radical (unpaired) electrons. The van der Waals surface area contributed by atoms with Gasteiger partial charge in [-0.15, -0.1) is 12.4 Å². The van der Waals surface area contributed by atoms with Crippen molar-refractivity contribution in [2.75, 3.05) is 13.1 Å². The summed E-state index contributed by atoms with van der Waals surface area (Å²) in [7, 11) is 0. The number of nitrogens with one attached hydrogen (secondary N) is 2. The van der Waals surface area contributed by atoms with E-state index in [1.807, 2.05) is 0 Å². The molecule has 1 aromatic carbocycles. The van der Waals surface area contributed by atoms with Gasteiger partial charge in [-0.25, -0.2) is 0 Å². The lowest BCUT2D eigenvalue weighted by atomic mass is 10.1. The maximum Gasteiger partial charge on any atom is 0.273 e. The molecule has 2 N–H and O–H groups in total. The van der Waals surface area contributed by atoms with Gasteiger partial charge in [-0.05, 0) is 13.0 Å². The highest BCUT2D eigenvalue weighted by atomic mass is 35.5. The largest absolute Gasteiger partial charge is 0.352 e. The van der Waals surface area contributed by atoms with E-state index >= 15 is 0 Å². The van der Waals surface area contributed by atoms with E-state index < -0.39 is 4.92 Å². The number of hydrogen-bond acceptors (Lipinski definition) is 4. The van der Waals surface area contributed by atoms with Crippen molar-refractivity contribution in [2.24, 2.45) is 0 Å². The van der Waals surface area contributed by atoms with Crippen LogP contribution in [0.25, 0.3) is 0 Å². The number of halogens is 1. The molecule has 7 heteroatoms. The number of para-hydroxylation sites is 1. The molecule has 1 amide bonds. The zero-order chi connectivity index (χ0) is 13.0. The first-order valence-corrected chi connectivity index (χ1v) is 5.89. The fourth-order valence-corrected chi connectivity index (χ4v) is 2.07. The van der Waals surface area contributed by atoms with Crippen LogP contribution in [0.4, 0.5) is 5.69 Å². The van der Waals surface area contributed by atoms with Gasteiger partial charge in [0.15, 0.2) is 0 Å². The van der Waals surface area contributed by atoms with E-state index in [0.29, 0.717) is 5.56 Å². The van der Waals surface area contributed by atoms with Gasteiger partial charge in [0.2, 0.25) is 5.91 Å². The molecular formula is C12H16ClN3O3. The van der Waals surface area contributed by atoms with Crippen molar-refractivity contribution in [1.82, 2.24) is 10.6 Å². The highest BCUT2D eigenvalue weighted by molar-refractivity contribution is 5.85. The van der Waals surface area contributed by atoms with Gasteiger partial charge in [0.25, 0.3) is 5.69 Å². The number of amides is 1. The quantitative estimate of drug-likeness (QED) is 0.639. The van der Waals surface area contributed by atoms with E-state index in [9.17, 15) is 14.9 Å². The third-order valence-electron chi connectivity index (χ3n) is 2.96. The van der Waals surface area contributed by atoms with Crippen molar-refractivity contribution < 1.29 is 9.72 Å². The topological polar surface area (TPSA) is 84.3 Å². The number of carbonyl (C=O) groups is 1. The van der Waals surface area contributed by atoms with Crippen LogP contribution in [-0.4, -0.2) is 30.0 Å². The van der Waals surface area contributed by atoms with Crippen molar-refractivity contribution in [2.45, 2.75) is 18.9 Å². The third kappa shape index (κ3) is 4.18. The zero-order valence-electron chi connectivity index (χ0n) is 10.3. The predicted molar refractivity (Wildman–Crippen MR) is 73.5 cm³/mol. The normalized spacial score (nSPS) is 17.6. The Morgan fingerprint density at radius 2 is 2.21 bits per heavy atom. The Bertz CT molecular complexity index is 461. The lowest BCUT2D eigenvalue weighted by Gasteiger charge is -2.11. The second-order valence-corrected chi connectivity index (χ2v) is 4.32. The minimum absolute atomic E-state index is 0. The molecular weight excluding hydrogens is 270 g/mol. The standard InChI is InChI=1S/C12H15N3O3.ClH/c16-12(14-10-5-6-13-8-10)7-9-3-1-2-4-11(9)15(17)18;/h1-4,10,13H,5-8H2,(H,14,16);1H. The third-order valence-corrected chi connectivity index (χ3v) is 2.96. The molecule has 1 aliphatic heterocycles. The molecule has 1 fully saturated rings. The number of nitro groups is 1. The van der Waals surface area contributed by atoms with Gasteiger partial charge in [0.05, 0.1) is 11.3 Å². The fraction of sp³-hybridized carbons (Fsp3) is 0.417. The summed E-state index contributed by atoms with van der Waals surface area (Å²) >= 11 is 0. The maximum absolute atomic E-state index is 11.8. The molecule has 0 spiro atoms. The minimum Gasteiger partial charge on any atom is -0.352 e. The van der Waals surface area contributed by atoms with Crippen LogP contribution in [0.1, 0.15) is 12.0 Å². The Morgan fingerprint density at radius 3 is 2.84 bits per heavy atom. The van der Waals surface area contributed by atoms with Crippen molar-refractivity contribution in [3.05, 3.63) is 39.9 Å². The van der Waals surface area contributed by atoms with E-state index in [2.05, 4.69) is 10.6 Å². The van der Waals surface area contributed by atoms with Gasteiger partial charge in [-0.3, -0.25) is 14.9 Å². The van der Waals surface area contributed by atoms with Crippen molar-refractivity contribution in [1.29, 1.82) is 0 Å². The van der Waals surface area contributed by atoms with Crippen LogP contribution in [0.2, 0.25) is 0 Å². The molecule has 0 saturated carbocycles. The molecule has 1 aromatic rings. The SMILES string of the molecule is Cl.O=C(Cc1ccccc1[N+](=O)[O-])NC1CCNC1. The zero-order valence-corrected chi connectivity index (χ0v) is 11.1. The smallest absolute Gasteiger partial charge is 0.273 e. The van der Waals surface area contributed by atoms with Crippen molar-refractivity contribution in [3.63, 3.8) is 0 Å². The average molecular weight is 286 g/mol. The molecule has 0 aromatic heterocycles. The first-order valence-electron chi connectivity index (χ1n) is 5.89. The molecule has 0 bridgehead atoms. The van der Waals surface area contributed by atoms with Gasteiger partial charge in [-0.2, -0.15) is 0 Å². The van der Waals surface area contributed by atoms with Crippen LogP contribution in [0.3, 0.4) is 0 Å². The lowest BCUT2D eigenvalue weighted by molar-refractivity contribution is -0.385. The summed E-state index contributed by atoms with van der Waals surface area (Å²) in [5, 5.41) is 16.8. The van der Waals surface area contributed by atoms with Gasteiger partial charge in [-0.1, -0.05) is 18.2 Å². The van der Waals surface area contributed by atoms with Crippen LogP contribution in [-0.2, 0) is 11.2 Å². The highest BCUT2D eigenvalue weighted by Crippen LogP contribution is 2.18. The summed E-state index contributed by atoms with van der Waals surface area (Å²) in [6.07, 6.45) is 0.955. The summed E-state index contributed by atoms with van der Waals surface area (Å²) in [5.74, 6) is -0.169. The fourth-order valence-electron chi connectivity index (χ4n) is 2.07. The first kappa shape index (κ1) is 15.4. The second kappa shape index (κ2) is 7.06. The number of nitro benzene ring substituents is 1. The number of hydrogen-bond donors (Lipinski definition) is 2. The van der Waals surface area contributed by atoms with Gasteiger partial charge in [0, 0.05) is 24.2 Å². The summed E-state index contributed by atoms with van der Waals surface area (Å²) in [4.78, 5) is 22.1. The van der Waals surface area contributed by atoms with Crippen LogP contribution >= 0.6 is 12.4 Å². The van der Waals surface area contributed by atoms with E-state index in [1.165, 1.54) is 6.07 Å². The molecule has 6 nitrogen and oxygen atoms in total. The number of benzene rings is 1. The highest BCUT2D eigenvalue weighted by Gasteiger charge is 2.19. The Kier molecular flexibility index (Phi) is 5.72. The molecule has 1 saturated heterocycles. The molecule has 0 aliphatic carbocycles. The number of nitrogens with zero attached hydrogens (tertiary/aromatic N) is 1. The van der Waals surface area contributed by atoms with E-state index in [1.54, 1.807) is 18.2 Å². The predicted octanol–water partition coefficient (Wildman–Crippen LogP) is 1.04. The Labute approximate surface area is 117 Å². The van der Waals surface area contributed by atoms with E-state index in [0.717, 1.165) is 19.5 Å². The first-order chi connectivity index (χ1) is 8.66. The molecule has 19 heavy (non-hydrogen) atoms. The van der Waals surface area contributed by atoms with Crippen LogP contribution < -0.4 is 10.6 Å². The average Bonchev–Trinajstić information content (AvgIpc) is 2.82. The minimum atomic E-state index is -0.459. The van der Waals surface area contributed by atoms with E-state index in [4.69, 9.17) is 0 Å². The van der Waals surface area contributed by atoms with Gasteiger partial charge in [0.1, 0.15) is 0 Å².